The van der Waals surface area contributed by atoms with Crippen molar-refractivity contribution in [2.75, 3.05) is 18.5 Å². The Morgan fingerprint density at radius 1 is 1.41 bits per heavy atom. The summed E-state index contributed by atoms with van der Waals surface area (Å²) in [6.45, 7) is 1.30. The van der Waals surface area contributed by atoms with E-state index in [0.717, 1.165) is 19.4 Å². The average Bonchev–Trinajstić information content (AvgIpc) is 2.52. The van der Waals surface area contributed by atoms with Crippen molar-refractivity contribution in [3.05, 3.63) is 24.3 Å². The summed E-state index contributed by atoms with van der Waals surface area (Å²) in [5.41, 5.74) is 2.15. The number of para-hydroxylation sites is 2. The van der Waals surface area contributed by atoms with Crippen molar-refractivity contribution in [2.24, 2.45) is 0 Å². The van der Waals surface area contributed by atoms with E-state index in [2.05, 4.69) is 5.32 Å². The molecule has 0 aromatic heterocycles. The lowest BCUT2D eigenvalue weighted by molar-refractivity contribution is -0.675. The summed E-state index contributed by atoms with van der Waals surface area (Å²) in [6.07, 6.45) is 1.68. The third-order valence-electron chi connectivity index (χ3n) is 3.32. The number of hydrogen-bond acceptors (Lipinski definition) is 4. The van der Waals surface area contributed by atoms with Gasteiger partial charge < -0.3 is 27.8 Å². The van der Waals surface area contributed by atoms with Crippen molar-refractivity contribution in [1.82, 2.24) is 5.48 Å². The molecule has 122 valence electrons. The first-order valence-electron chi connectivity index (χ1n) is 6.99. The van der Waals surface area contributed by atoms with E-state index < -0.39 is 11.9 Å². The van der Waals surface area contributed by atoms with Gasteiger partial charge in [-0.15, -0.1) is 0 Å². The largest absolute Gasteiger partial charge is 1.00 e. The second-order valence-electron chi connectivity index (χ2n) is 4.91. The number of nitrogens with one attached hydrogen (secondary N) is 2. The zero-order valence-corrected chi connectivity index (χ0v) is 12.8. The number of carbonyl (C=O) groups is 2. The summed E-state index contributed by atoms with van der Waals surface area (Å²) in [5.74, 6) is -0.236. The number of anilines is 1. The van der Waals surface area contributed by atoms with Crippen LogP contribution in [0.2, 0.25) is 0 Å². The number of hydroxylamine groups is 1. The van der Waals surface area contributed by atoms with Gasteiger partial charge in [0.05, 0.1) is 25.3 Å². The van der Waals surface area contributed by atoms with E-state index in [4.69, 9.17) is 9.94 Å². The predicted molar refractivity (Wildman–Crippen MR) is 74.9 cm³/mol. The van der Waals surface area contributed by atoms with Crippen molar-refractivity contribution >= 4 is 17.5 Å². The highest BCUT2D eigenvalue weighted by atomic mass is 35.5. The van der Waals surface area contributed by atoms with Crippen LogP contribution in [0, 0.1) is 0 Å². The standard InChI is InChI=1S/C14H19N3O4.ClH/c18-13(17-20)9-11-14(19)16-10-5-1-2-6-12(10)21-8-4-3-7-15-11;/h1-2,5-6,11,15,20H,3-4,7-9H2,(H,16,19)(H,17,18);1H/t11-;/m0./s1. The van der Waals surface area contributed by atoms with Crippen LogP contribution in [0.1, 0.15) is 19.3 Å². The molecule has 1 aliphatic rings. The van der Waals surface area contributed by atoms with E-state index in [1.165, 1.54) is 0 Å². The Hall–Kier alpha value is -1.83. The number of nitrogens with two attached hydrogens (primary N) is 1. The van der Waals surface area contributed by atoms with E-state index in [0.29, 0.717) is 18.0 Å². The summed E-state index contributed by atoms with van der Waals surface area (Å²) in [4.78, 5) is 23.6. The van der Waals surface area contributed by atoms with Crippen LogP contribution in [0.4, 0.5) is 5.69 Å². The molecule has 0 unspecified atom stereocenters. The van der Waals surface area contributed by atoms with Crippen LogP contribution in [0.15, 0.2) is 24.3 Å². The molecule has 0 saturated heterocycles. The lowest BCUT2D eigenvalue weighted by Gasteiger charge is -2.15. The number of amides is 2. The molecule has 5 N–H and O–H groups in total. The molecule has 0 spiro atoms. The second-order valence-corrected chi connectivity index (χ2v) is 4.91. The van der Waals surface area contributed by atoms with Gasteiger partial charge in [-0.05, 0) is 25.0 Å². The lowest BCUT2D eigenvalue weighted by Crippen LogP contribution is -3.00. The molecule has 1 aromatic carbocycles. The van der Waals surface area contributed by atoms with Gasteiger partial charge in [-0.2, -0.15) is 0 Å². The molecular formula is C14H20ClN3O4. The molecule has 2 rings (SSSR count). The summed E-state index contributed by atoms with van der Waals surface area (Å²) in [7, 11) is 0. The van der Waals surface area contributed by atoms with Gasteiger partial charge in [0.25, 0.3) is 5.91 Å². The molecule has 2 amide bonds. The Labute approximate surface area is 134 Å². The number of fused-ring (bicyclic) bond motifs is 1. The first-order chi connectivity index (χ1) is 10.2. The Morgan fingerprint density at radius 2 is 2.18 bits per heavy atom. The minimum Gasteiger partial charge on any atom is -1.00 e. The summed E-state index contributed by atoms with van der Waals surface area (Å²) in [6, 6.07) is 6.62. The number of quaternary nitrogens is 1. The summed E-state index contributed by atoms with van der Waals surface area (Å²) >= 11 is 0. The van der Waals surface area contributed by atoms with Crippen LogP contribution in [0.5, 0.6) is 5.75 Å². The zero-order valence-electron chi connectivity index (χ0n) is 12.0. The maximum Gasteiger partial charge on any atom is 0.283 e. The molecule has 22 heavy (non-hydrogen) atoms. The van der Waals surface area contributed by atoms with E-state index in [9.17, 15) is 9.59 Å². The van der Waals surface area contributed by atoms with Crippen LogP contribution < -0.4 is 33.3 Å². The van der Waals surface area contributed by atoms with Crippen molar-refractivity contribution in [3.63, 3.8) is 0 Å². The number of ether oxygens (including phenoxy) is 1. The maximum atomic E-state index is 12.3. The van der Waals surface area contributed by atoms with Crippen LogP contribution in [0.3, 0.4) is 0 Å². The third kappa shape index (κ3) is 5.18. The van der Waals surface area contributed by atoms with Crippen LogP contribution >= 0.6 is 0 Å². The van der Waals surface area contributed by atoms with Gasteiger partial charge in [-0.3, -0.25) is 14.8 Å². The molecule has 7 nitrogen and oxygen atoms in total. The van der Waals surface area contributed by atoms with E-state index >= 15 is 0 Å². The number of benzene rings is 1. The predicted octanol–water partition coefficient (Wildman–Crippen LogP) is -3.37. The van der Waals surface area contributed by atoms with Gasteiger partial charge in [-0.25, -0.2) is 5.48 Å². The summed E-state index contributed by atoms with van der Waals surface area (Å²) < 4.78 is 5.66. The second kappa shape index (κ2) is 9.24. The molecular weight excluding hydrogens is 310 g/mol. The molecule has 1 atom stereocenters. The minimum atomic E-state index is -0.580. The van der Waals surface area contributed by atoms with Gasteiger partial charge >= 0.3 is 0 Å². The molecule has 1 heterocycles. The van der Waals surface area contributed by atoms with Crippen molar-refractivity contribution in [3.8, 4) is 5.75 Å². The molecule has 0 bridgehead atoms. The fourth-order valence-electron chi connectivity index (χ4n) is 2.20. The average molecular weight is 330 g/mol. The Kier molecular flexibility index (Phi) is 7.65. The fourth-order valence-corrected chi connectivity index (χ4v) is 2.20. The Bertz CT molecular complexity index is 513. The number of halogens is 1. The monoisotopic (exact) mass is 329 g/mol. The quantitative estimate of drug-likeness (QED) is 0.336. The van der Waals surface area contributed by atoms with E-state index in [1.54, 1.807) is 23.7 Å². The number of rotatable bonds is 2. The van der Waals surface area contributed by atoms with Crippen molar-refractivity contribution < 1.29 is 37.3 Å². The highest BCUT2D eigenvalue weighted by molar-refractivity contribution is 5.97. The fraction of sp³-hybridized carbons (Fsp3) is 0.429. The van der Waals surface area contributed by atoms with Gasteiger partial charge in [0.1, 0.15) is 5.75 Å². The first-order valence-corrected chi connectivity index (χ1v) is 6.99. The lowest BCUT2D eigenvalue weighted by atomic mass is 10.1. The Balaban J connectivity index is 0.00000242. The molecule has 0 radical (unpaired) electrons. The van der Waals surface area contributed by atoms with Gasteiger partial charge in [0.15, 0.2) is 6.04 Å². The molecule has 0 aliphatic carbocycles. The normalized spacial score (nSPS) is 18.6. The Morgan fingerprint density at radius 3 is 2.95 bits per heavy atom. The zero-order chi connectivity index (χ0) is 15.1. The minimum absolute atomic E-state index is 0. The smallest absolute Gasteiger partial charge is 0.283 e. The molecule has 0 saturated carbocycles. The third-order valence-corrected chi connectivity index (χ3v) is 3.32. The van der Waals surface area contributed by atoms with Gasteiger partial charge in [-0.1, -0.05) is 12.1 Å². The molecule has 8 heteroatoms. The van der Waals surface area contributed by atoms with Crippen molar-refractivity contribution in [2.45, 2.75) is 25.3 Å². The van der Waals surface area contributed by atoms with Crippen LogP contribution in [-0.2, 0) is 9.59 Å². The topological polar surface area (TPSA) is 104 Å². The van der Waals surface area contributed by atoms with Gasteiger partial charge in [0, 0.05) is 0 Å². The van der Waals surface area contributed by atoms with Crippen LogP contribution in [0.25, 0.3) is 0 Å². The highest BCUT2D eigenvalue weighted by Crippen LogP contribution is 2.24. The first kappa shape index (κ1) is 18.2. The van der Waals surface area contributed by atoms with Crippen molar-refractivity contribution in [1.29, 1.82) is 0 Å². The molecule has 1 aliphatic heterocycles. The maximum absolute atomic E-state index is 12.3. The highest BCUT2D eigenvalue weighted by Gasteiger charge is 2.26. The SMILES string of the molecule is O=C(C[C@@H]1[NH2+]CCCCOc2ccccc2NC1=O)NO.[Cl-]. The molecule has 0 fully saturated rings. The van der Waals surface area contributed by atoms with E-state index in [1.807, 2.05) is 11.4 Å². The summed E-state index contributed by atoms with van der Waals surface area (Å²) in [5, 5.41) is 13.2. The molecule has 1 aromatic rings. The number of carbonyl (C=O) groups excluding carboxylic acids is 2. The number of hydrogen-bond donors (Lipinski definition) is 4. The van der Waals surface area contributed by atoms with Gasteiger partial charge in [0.2, 0.25) is 5.91 Å². The van der Waals surface area contributed by atoms with E-state index in [-0.39, 0.29) is 24.7 Å². The van der Waals surface area contributed by atoms with Crippen LogP contribution in [-0.4, -0.2) is 36.2 Å².